The molecule has 0 bridgehead atoms. The highest BCUT2D eigenvalue weighted by atomic mass is 16.4. The fourth-order valence-corrected chi connectivity index (χ4v) is 1.23. The van der Waals surface area contributed by atoms with Gasteiger partial charge in [0, 0.05) is 5.92 Å². The molecule has 1 heterocycles. The fourth-order valence-electron chi connectivity index (χ4n) is 1.23. The number of nitrogens with two attached hydrogens (primary N) is 1. The van der Waals surface area contributed by atoms with Gasteiger partial charge in [0.1, 0.15) is 0 Å². The minimum atomic E-state index is -0.171. The summed E-state index contributed by atoms with van der Waals surface area (Å²) >= 11 is 0. The van der Waals surface area contributed by atoms with Crippen LogP contribution in [0.2, 0.25) is 0 Å². The normalized spacial score (nSPS) is 13.6. The van der Waals surface area contributed by atoms with E-state index in [4.69, 9.17) is 10.2 Å². The second kappa shape index (κ2) is 4.37. The average molecular weight is 183 g/mol. The summed E-state index contributed by atoms with van der Waals surface area (Å²) in [7, 11) is 0. The van der Waals surface area contributed by atoms with Crippen LogP contribution in [0.4, 0.5) is 0 Å². The summed E-state index contributed by atoms with van der Waals surface area (Å²) in [5.74, 6) is 1.62. The van der Waals surface area contributed by atoms with E-state index in [0.29, 0.717) is 11.8 Å². The van der Waals surface area contributed by atoms with Crippen molar-refractivity contribution in [1.82, 2.24) is 10.2 Å². The molecule has 1 aromatic heterocycles. The van der Waals surface area contributed by atoms with Gasteiger partial charge < -0.3 is 10.2 Å². The fraction of sp³-hybridized carbons (Fsp3) is 0.778. The van der Waals surface area contributed by atoms with Crippen LogP contribution >= 0.6 is 0 Å². The van der Waals surface area contributed by atoms with E-state index in [9.17, 15) is 0 Å². The van der Waals surface area contributed by atoms with Crippen LogP contribution < -0.4 is 5.73 Å². The predicted molar refractivity (Wildman–Crippen MR) is 50.2 cm³/mol. The molecule has 74 valence electrons. The molecule has 0 aromatic carbocycles. The van der Waals surface area contributed by atoms with E-state index in [-0.39, 0.29) is 6.04 Å². The number of aromatic nitrogens is 2. The predicted octanol–water partition coefficient (Wildman–Crippen LogP) is 1.99. The van der Waals surface area contributed by atoms with Crippen molar-refractivity contribution in [2.24, 2.45) is 5.73 Å². The Hall–Kier alpha value is -0.900. The molecule has 2 N–H and O–H groups in total. The molecule has 0 aliphatic carbocycles. The topological polar surface area (TPSA) is 64.9 Å². The maximum Gasteiger partial charge on any atom is 0.232 e. The highest BCUT2D eigenvalue weighted by Gasteiger charge is 2.16. The maximum absolute atomic E-state index is 5.61. The molecule has 4 nitrogen and oxygen atoms in total. The van der Waals surface area contributed by atoms with Crippen LogP contribution in [0.1, 0.15) is 57.4 Å². The molecule has 0 amide bonds. The monoisotopic (exact) mass is 183 g/mol. The van der Waals surface area contributed by atoms with Crippen LogP contribution in [0.15, 0.2) is 4.42 Å². The second-order valence-corrected chi connectivity index (χ2v) is 3.28. The third-order valence-corrected chi connectivity index (χ3v) is 2.18. The lowest BCUT2D eigenvalue weighted by atomic mass is 10.0. The van der Waals surface area contributed by atoms with E-state index in [1.54, 1.807) is 0 Å². The van der Waals surface area contributed by atoms with Gasteiger partial charge in [0.2, 0.25) is 11.8 Å². The molecule has 0 aliphatic rings. The van der Waals surface area contributed by atoms with Crippen LogP contribution in [0, 0.1) is 0 Å². The zero-order chi connectivity index (χ0) is 9.84. The summed E-state index contributed by atoms with van der Waals surface area (Å²) in [6.07, 6.45) is 2.05. The first-order valence-corrected chi connectivity index (χ1v) is 4.77. The number of nitrogens with zero attached hydrogens (tertiary/aromatic N) is 2. The Morgan fingerprint density at radius 2 is 1.77 bits per heavy atom. The molecule has 0 spiro atoms. The third kappa shape index (κ3) is 2.28. The summed E-state index contributed by atoms with van der Waals surface area (Å²) < 4.78 is 5.44. The lowest BCUT2D eigenvalue weighted by Crippen LogP contribution is -2.04. The van der Waals surface area contributed by atoms with Gasteiger partial charge in [0.15, 0.2) is 0 Å². The standard InChI is InChI=1S/C9H17N3O/c1-4-7(5-2)9-12-11-8(13-9)6(3)10/h6-7H,4-5,10H2,1-3H3. The largest absolute Gasteiger partial charge is 0.423 e. The molecule has 4 heteroatoms. The van der Waals surface area contributed by atoms with Crippen molar-refractivity contribution in [3.05, 3.63) is 11.8 Å². The van der Waals surface area contributed by atoms with Gasteiger partial charge in [-0.2, -0.15) is 0 Å². The van der Waals surface area contributed by atoms with Crippen molar-refractivity contribution in [2.75, 3.05) is 0 Å². The first kappa shape index (κ1) is 10.2. The molecule has 0 radical (unpaired) electrons. The van der Waals surface area contributed by atoms with Crippen molar-refractivity contribution >= 4 is 0 Å². The number of hydrogen-bond donors (Lipinski definition) is 1. The average Bonchev–Trinajstić information content (AvgIpc) is 2.56. The highest BCUT2D eigenvalue weighted by molar-refractivity contribution is 4.92. The molecule has 1 unspecified atom stereocenters. The molecule has 1 rings (SSSR count). The Balaban J connectivity index is 2.78. The van der Waals surface area contributed by atoms with Crippen molar-refractivity contribution in [1.29, 1.82) is 0 Å². The van der Waals surface area contributed by atoms with Crippen molar-refractivity contribution in [3.8, 4) is 0 Å². The first-order chi connectivity index (χ1) is 6.19. The van der Waals surface area contributed by atoms with Gasteiger partial charge >= 0.3 is 0 Å². The number of rotatable bonds is 4. The lowest BCUT2D eigenvalue weighted by Gasteiger charge is -2.05. The van der Waals surface area contributed by atoms with E-state index >= 15 is 0 Å². The quantitative estimate of drug-likeness (QED) is 0.775. The van der Waals surface area contributed by atoms with Crippen molar-refractivity contribution < 1.29 is 4.42 Å². The van der Waals surface area contributed by atoms with E-state index in [1.165, 1.54) is 0 Å². The Bertz CT molecular complexity index is 253. The van der Waals surface area contributed by atoms with Crippen LogP contribution in [0.25, 0.3) is 0 Å². The molecule has 0 saturated carbocycles. The van der Waals surface area contributed by atoms with Crippen molar-refractivity contribution in [3.63, 3.8) is 0 Å². The van der Waals surface area contributed by atoms with E-state index in [1.807, 2.05) is 6.92 Å². The first-order valence-electron chi connectivity index (χ1n) is 4.77. The van der Waals surface area contributed by atoms with E-state index < -0.39 is 0 Å². The summed E-state index contributed by atoms with van der Waals surface area (Å²) in [4.78, 5) is 0. The smallest absolute Gasteiger partial charge is 0.232 e. The van der Waals surface area contributed by atoms with Crippen molar-refractivity contribution in [2.45, 2.75) is 45.6 Å². The highest BCUT2D eigenvalue weighted by Crippen LogP contribution is 2.22. The van der Waals surface area contributed by atoms with Crippen LogP contribution in [-0.4, -0.2) is 10.2 Å². The van der Waals surface area contributed by atoms with Crippen LogP contribution in [0.5, 0.6) is 0 Å². The van der Waals surface area contributed by atoms with E-state index in [2.05, 4.69) is 24.0 Å². The maximum atomic E-state index is 5.61. The third-order valence-electron chi connectivity index (χ3n) is 2.18. The Morgan fingerprint density at radius 1 is 1.23 bits per heavy atom. The van der Waals surface area contributed by atoms with Gasteiger partial charge in [-0.05, 0) is 19.8 Å². The molecular weight excluding hydrogens is 166 g/mol. The van der Waals surface area contributed by atoms with Gasteiger partial charge in [0.05, 0.1) is 6.04 Å². The molecule has 0 fully saturated rings. The van der Waals surface area contributed by atoms with Gasteiger partial charge in [0.25, 0.3) is 0 Å². The molecule has 1 aromatic rings. The summed E-state index contributed by atoms with van der Waals surface area (Å²) in [5.41, 5.74) is 5.61. The van der Waals surface area contributed by atoms with E-state index in [0.717, 1.165) is 18.7 Å². The zero-order valence-corrected chi connectivity index (χ0v) is 8.45. The van der Waals surface area contributed by atoms with Gasteiger partial charge in [-0.3, -0.25) is 0 Å². The van der Waals surface area contributed by atoms with Crippen LogP contribution in [0.3, 0.4) is 0 Å². The Morgan fingerprint density at radius 3 is 2.15 bits per heavy atom. The molecule has 0 aliphatic heterocycles. The van der Waals surface area contributed by atoms with Gasteiger partial charge in [-0.25, -0.2) is 0 Å². The molecular formula is C9H17N3O. The Labute approximate surface area is 78.5 Å². The minimum Gasteiger partial charge on any atom is -0.423 e. The SMILES string of the molecule is CCC(CC)c1nnc(C(C)N)o1. The summed E-state index contributed by atoms with van der Waals surface area (Å²) in [6, 6.07) is -0.171. The van der Waals surface area contributed by atoms with Gasteiger partial charge in [-0.15, -0.1) is 10.2 Å². The minimum absolute atomic E-state index is 0.171. The molecule has 13 heavy (non-hydrogen) atoms. The lowest BCUT2D eigenvalue weighted by molar-refractivity contribution is 0.389. The number of hydrogen-bond acceptors (Lipinski definition) is 4. The molecule has 0 saturated heterocycles. The summed E-state index contributed by atoms with van der Waals surface area (Å²) in [5, 5.41) is 7.87. The Kier molecular flexibility index (Phi) is 3.42. The zero-order valence-electron chi connectivity index (χ0n) is 8.45. The van der Waals surface area contributed by atoms with Crippen LogP contribution in [-0.2, 0) is 0 Å². The van der Waals surface area contributed by atoms with Gasteiger partial charge in [-0.1, -0.05) is 13.8 Å². The second-order valence-electron chi connectivity index (χ2n) is 3.28. The summed E-state index contributed by atoms with van der Waals surface area (Å²) in [6.45, 7) is 6.07. The molecule has 1 atom stereocenters.